The van der Waals surface area contributed by atoms with E-state index < -0.39 is 5.97 Å². The van der Waals surface area contributed by atoms with Crippen molar-refractivity contribution < 1.29 is 29.0 Å². The molecule has 0 radical (unpaired) electrons. The molecule has 0 fully saturated rings. The van der Waals surface area contributed by atoms with Crippen LogP contribution in [0.4, 0.5) is 0 Å². The van der Waals surface area contributed by atoms with Crippen LogP contribution >= 0.6 is 0 Å². The SMILES string of the molecule is COC1=C(OC)C(=O)C(CCCCCCCCC(=O)O)=C(C)C1=O. The molecule has 24 heavy (non-hydrogen) atoms. The highest BCUT2D eigenvalue weighted by molar-refractivity contribution is 6.23. The molecule has 1 N–H and O–H groups in total. The molecule has 0 aromatic carbocycles. The van der Waals surface area contributed by atoms with Crippen molar-refractivity contribution in [3.8, 4) is 0 Å². The molecule has 1 aliphatic rings. The molecule has 0 heterocycles. The maximum Gasteiger partial charge on any atom is 0.303 e. The summed E-state index contributed by atoms with van der Waals surface area (Å²) in [6.07, 6.45) is 6.08. The molecule has 1 rings (SSSR count). The standard InChI is InChI=1S/C18H26O6/c1-12-13(10-8-6-4-5-7-9-11-14(19)20)16(22)18(24-3)17(23-2)15(12)21/h4-11H2,1-3H3,(H,19,20). The zero-order valence-corrected chi connectivity index (χ0v) is 14.6. The van der Waals surface area contributed by atoms with Crippen molar-refractivity contribution >= 4 is 17.5 Å². The van der Waals surface area contributed by atoms with Gasteiger partial charge < -0.3 is 14.6 Å². The van der Waals surface area contributed by atoms with Gasteiger partial charge >= 0.3 is 5.97 Å². The first-order chi connectivity index (χ1) is 11.4. The summed E-state index contributed by atoms with van der Waals surface area (Å²) in [7, 11) is 2.71. The van der Waals surface area contributed by atoms with Gasteiger partial charge in [0.05, 0.1) is 14.2 Å². The van der Waals surface area contributed by atoms with Gasteiger partial charge in [0.25, 0.3) is 0 Å². The highest BCUT2D eigenvalue weighted by Gasteiger charge is 2.34. The summed E-state index contributed by atoms with van der Waals surface area (Å²) < 4.78 is 10.1. The smallest absolute Gasteiger partial charge is 0.303 e. The van der Waals surface area contributed by atoms with Gasteiger partial charge in [-0.1, -0.05) is 25.7 Å². The summed E-state index contributed by atoms with van der Waals surface area (Å²) in [5.41, 5.74) is 0.933. The first-order valence-corrected chi connectivity index (χ1v) is 8.27. The average Bonchev–Trinajstić information content (AvgIpc) is 2.55. The summed E-state index contributed by atoms with van der Waals surface area (Å²) in [4.78, 5) is 35.1. The van der Waals surface area contributed by atoms with Gasteiger partial charge in [-0.2, -0.15) is 0 Å². The summed E-state index contributed by atoms with van der Waals surface area (Å²) in [6, 6.07) is 0. The van der Waals surface area contributed by atoms with Gasteiger partial charge in [-0.15, -0.1) is 0 Å². The van der Waals surface area contributed by atoms with E-state index in [1.54, 1.807) is 6.92 Å². The van der Waals surface area contributed by atoms with E-state index in [0.29, 0.717) is 24.0 Å². The van der Waals surface area contributed by atoms with E-state index in [4.69, 9.17) is 14.6 Å². The number of carboxylic acids is 1. The van der Waals surface area contributed by atoms with Crippen LogP contribution in [0.25, 0.3) is 0 Å². The number of hydrogen-bond acceptors (Lipinski definition) is 5. The van der Waals surface area contributed by atoms with E-state index in [0.717, 1.165) is 32.1 Å². The van der Waals surface area contributed by atoms with Gasteiger partial charge in [0.2, 0.25) is 23.1 Å². The molecular weight excluding hydrogens is 312 g/mol. The molecule has 0 amide bonds. The molecule has 6 nitrogen and oxygen atoms in total. The van der Waals surface area contributed by atoms with Gasteiger partial charge in [-0.25, -0.2) is 0 Å². The summed E-state index contributed by atoms with van der Waals surface area (Å²) in [5, 5.41) is 8.56. The lowest BCUT2D eigenvalue weighted by Crippen LogP contribution is -2.25. The van der Waals surface area contributed by atoms with Crippen LogP contribution in [-0.2, 0) is 23.9 Å². The maximum absolute atomic E-state index is 12.4. The number of allylic oxidation sites excluding steroid dienone is 2. The minimum absolute atomic E-state index is 0.0169. The number of carboxylic acid groups (broad SMARTS) is 1. The number of carbonyl (C=O) groups is 3. The highest BCUT2D eigenvalue weighted by Crippen LogP contribution is 2.28. The molecule has 0 aromatic heterocycles. The van der Waals surface area contributed by atoms with Crippen molar-refractivity contribution in [2.45, 2.75) is 58.3 Å². The van der Waals surface area contributed by atoms with Crippen LogP contribution in [0.1, 0.15) is 58.3 Å². The molecule has 0 unspecified atom stereocenters. The second-order valence-corrected chi connectivity index (χ2v) is 5.84. The third kappa shape index (κ3) is 5.22. The maximum atomic E-state index is 12.4. The Kier molecular flexibility index (Phi) is 8.22. The topological polar surface area (TPSA) is 89.9 Å². The van der Waals surface area contributed by atoms with Gasteiger partial charge in [0.1, 0.15) is 0 Å². The summed E-state index contributed by atoms with van der Waals surface area (Å²) >= 11 is 0. The number of ether oxygens (including phenoxy) is 2. The number of hydrogen-bond donors (Lipinski definition) is 1. The van der Waals surface area contributed by atoms with E-state index >= 15 is 0 Å². The molecule has 6 heteroatoms. The van der Waals surface area contributed by atoms with Crippen LogP contribution < -0.4 is 0 Å². The van der Waals surface area contributed by atoms with Crippen LogP contribution in [0.5, 0.6) is 0 Å². The van der Waals surface area contributed by atoms with E-state index in [1.807, 2.05) is 0 Å². The summed E-state index contributed by atoms with van der Waals surface area (Å²) in [6.45, 7) is 1.65. The second-order valence-electron chi connectivity index (χ2n) is 5.84. The Balaban J connectivity index is 2.45. The Labute approximate surface area is 142 Å². The third-order valence-electron chi connectivity index (χ3n) is 4.16. The molecule has 0 spiro atoms. The lowest BCUT2D eigenvalue weighted by Gasteiger charge is -2.20. The van der Waals surface area contributed by atoms with Crippen LogP contribution in [-0.4, -0.2) is 36.9 Å². The van der Waals surface area contributed by atoms with Gasteiger partial charge in [-0.3, -0.25) is 14.4 Å². The normalized spacial score (nSPS) is 15.1. The van der Waals surface area contributed by atoms with Gasteiger partial charge in [0, 0.05) is 17.6 Å². The zero-order valence-electron chi connectivity index (χ0n) is 14.6. The fraction of sp³-hybridized carbons (Fsp3) is 0.611. The molecule has 0 bridgehead atoms. The number of Topliss-reactive ketones (excluding diaryl/α,β-unsaturated/α-hetero) is 2. The number of rotatable bonds is 11. The molecular formula is C18H26O6. The second kappa shape index (κ2) is 9.90. The molecule has 0 atom stereocenters. The lowest BCUT2D eigenvalue weighted by molar-refractivity contribution is -0.137. The fourth-order valence-electron chi connectivity index (χ4n) is 2.78. The van der Waals surface area contributed by atoms with Crippen molar-refractivity contribution in [3.63, 3.8) is 0 Å². The third-order valence-corrected chi connectivity index (χ3v) is 4.16. The van der Waals surface area contributed by atoms with E-state index in [1.165, 1.54) is 14.2 Å². The molecule has 0 saturated heterocycles. The Morgan fingerprint density at radius 1 is 0.875 bits per heavy atom. The Morgan fingerprint density at radius 3 is 1.92 bits per heavy atom. The van der Waals surface area contributed by atoms with Crippen molar-refractivity contribution in [2.24, 2.45) is 0 Å². The molecule has 0 saturated carbocycles. The quantitative estimate of drug-likeness (QED) is 0.460. The first kappa shape index (κ1) is 19.9. The van der Waals surface area contributed by atoms with Crippen molar-refractivity contribution in [1.82, 2.24) is 0 Å². The molecule has 134 valence electrons. The average molecular weight is 338 g/mol. The molecule has 1 aliphatic carbocycles. The molecule has 0 aromatic rings. The predicted molar refractivity (Wildman–Crippen MR) is 88.3 cm³/mol. The van der Waals surface area contributed by atoms with Crippen molar-refractivity contribution in [3.05, 3.63) is 22.7 Å². The number of carbonyl (C=O) groups excluding carboxylic acids is 2. The van der Waals surface area contributed by atoms with Gasteiger partial charge in [-0.05, 0) is 26.2 Å². The van der Waals surface area contributed by atoms with Crippen LogP contribution in [0.2, 0.25) is 0 Å². The molecule has 0 aliphatic heterocycles. The first-order valence-electron chi connectivity index (χ1n) is 8.27. The van der Waals surface area contributed by atoms with E-state index in [-0.39, 0.29) is 29.5 Å². The van der Waals surface area contributed by atoms with Crippen LogP contribution in [0.3, 0.4) is 0 Å². The Hall–Kier alpha value is -2.11. The van der Waals surface area contributed by atoms with E-state index in [2.05, 4.69) is 0 Å². The Morgan fingerprint density at radius 2 is 1.38 bits per heavy atom. The number of unbranched alkanes of at least 4 members (excludes halogenated alkanes) is 5. The van der Waals surface area contributed by atoms with Crippen LogP contribution in [0, 0.1) is 0 Å². The van der Waals surface area contributed by atoms with Gasteiger partial charge in [0.15, 0.2) is 0 Å². The van der Waals surface area contributed by atoms with Crippen LogP contribution in [0.15, 0.2) is 22.7 Å². The zero-order chi connectivity index (χ0) is 18.1. The number of ketones is 2. The summed E-state index contributed by atoms with van der Waals surface area (Å²) in [5.74, 6) is -1.36. The number of methoxy groups -OCH3 is 2. The fourth-order valence-corrected chi connectivity index (χ4v) is 2.78. The minimum Gasteiger partial charge on any atom is -0.489 e. The van der Waals surface area contributed by atoms with Crippen molar-refractivity contribution in [2.75, 3.05) is 14.2 Å². The minimum atomic E-state index is -0.754. The Bertz CT molecular complexity index is 556. The largest absolute Gasteiger partial charge is 0.489 e. The van der Waals surface area contributed by atoms with E-state index in [9.17, 15) is 14.4 Å². The van der Waals surface area contributed by atoms with Crippen molar-refractivity contribution in [1.29, 1.82) is 0 Å². The number of aliphatic carboxylic acids is 1. The highest BCUT2D eigenvalue weighted by atomic mass is 16.5. The monoisotopic (exact) mass is 338 g/mol. The predicted octanol–water partition coefficient (Wildman–Crippen LogP) is 3.16. The lowest BCUT2D eigenvalue weighted by atomic mass is 9.89.